The molecule has 0 aliphatic carbocycles. The van der Waals surface area contributed by atoms with Crippen LogP contribution < -0.4 is 5.32 Å². The molecule has 0 unspecified atom stereocenters. The maximum Gasteiger partial charge on any atom is 0.239 e. The van der Waals surface area contributed by atoms with Gasteiger partial charge in [0.15, 0.2) is 9.84 Å². The summed E-state index contributed by atoms with van der Waals surface area (Å²) in [5, 5.41) is 3.25. The number of carbonyl (C=O) groups is 1. The number of nitrogens with one attached hydrogen (secondary N) is 1. The molecule has 2 rings (SSSR count). The Balaban J connectivity index is 2.02. The number of anilines is 1. The quantitative estimate of drug-likeness (QED) is 0.867. The zero-order valence-electron chi connectivity index (χ0n) is 12.3. The van der Waals surface area contributed by atoms with Crippen LogP contribution in [0.15, 0.2) is 42.5 Å². The largest absolute Gasteiger partial charge is 0.325 e. The monoisotopic (exact) mass is 371 g/mol. The predicted molar refractivity (Wildman–Crippen MR) is 93.8 cm³/mol. The van der Waals surface area contributed by atoms with Gasteiger partial charge in [0.05, 0.1) is 5.75 Å². The summed E-state index contributed by atoms with van der Waals surface area (Å²) >= 11 is 11.7. The second-order valence-electron chi connectivity index (χ2n) is 5.18. The number of hydrogen-bond donors (Lipinski definition) is 1. The Morgan fingerprint density at radius 3 is 2.35 bits per heavy atom. The fourth-order valence-corrected chi connectivity index (χ4v) is 3.81. The Morgan fingerprint density at radius 1 is 1.09 bits per heavy atom. The van der Waals surface area contributed by atoms with Crippen LogP contribution in [0.5, 0.6) is 0 Å². The fourth-order valence-electron chi connectivity index (χ4n) is 1.96. The van der Waals surface area contributed by atoms with Crippen molar-refractivity contribution in [2.24, 2.45) is 0 Å². The van der Waals surface area contributed by atoms with Crippen LogP contribution in [0.1, 0.15) is 11.1 Å². The van der Waals surface area contributed by atoms with Crippen LogP contribution in [0, 0.1) is 6.92 Å². The van der Waals surface area contributed by atoms with Gasteiger partial charge >= 0.3 is 0 Å². The highest BCUT2D eigenvalue weighted by Crippen LogP contribution is 2.23. The van der Waals surface area contributed by atoms with Gasteiger partial charge in [0.1, 0.15) is 5.75 Å². The molecule has 0 fully saturated rings. The normalized spacial score (nSPS) is 11.3. The predicted octanol–water partition coefficient (Wildman–Crippen LogP) is 3.86. The number of hydrogen-bond acceptors (Lipinski definition) is 3. The molecule has 0 aromatic heterocycles. The van der Waals surface area contributed by atoms with Gasteiger partial charge in [-0.15, -0.1) is 0 Å². The summed E-state index contributed by atoms with van der Waals surface area (Å²) in [5.41, 5.74) is 2.02. The molecule has 0 heterocycles. The van der Waals surface area contributed by atoms with Gasteiger partial charge in [0.25, 0.3) is 0 Å². The second-order valence-corrected chi connectivity index (χ2v) is 8.09. The third-order valence-corrected chi connectivity index (χ3v) is 5.12. The van der Waals surface area contributed by atoms with E-state index in [0.29, 0.717) is 16.3 Å². The highest BCUT2D eigenvalue weighted by molar-refractivity contribution is 7.91. The first-order valence-electron chi connectivity index (χ1n) is 6.76. The van der Waals surface area contributed by atoms with Gasteiger partial charge < -0.3 is 5.32 Å². The zero-order valence-corrected chi connectivity index (χ0v) is 14.7. The smallest absolute Gasteiger partial charge is 0.239 e. The molecule has 0 atom stereocenters. The molecule has 0 aliphatic rings. The van der Waals surface area contributed by atoms with Crippen molar-refractivity contribution < 1.29 is 13.2 Å². The van der Waals surface area contributed by atoms with E-state index in [1.807, 2.05) is 19.1 Å². The van der Waals surface area contributed by atoms with Gasteiger partial charge in [0, 0.05) is 15.7 Å². The van der Waals surface area contributed by atoms with Gasteiger partial charge in [-0.25, -0.2) is 8.42 Å². The molecular formula is C16H15Cl2NO3S. The summed E-state index contributed by atoms with van der Waals surface area (Å²) in [6, 6.07) is 11.7. The number of benzene rings is 2. The molecule has 0 radical (unpaired) electrons. The SMILES string of the molecule is Cc1ccc(NC(=O)CS(=O)(=O)Cc2ccc(Cl)cc2Cl)cc1. The first kappa shape index (κ1) is 17.8. The molecule has 122 valence electrons. The molecule has 0 saturated carbocycles. The van der Waals surface area contributed by atoms with Crippen LogP contribution in [-0.4, -0.2) is 20.1 Å². The molecule has 2 aromatic carbocycles. The van der Waals surface area contributed by atoms with Crippen molar-refractivity contribution in [2.75, 3.05) is 11.1 Å². The van der Waals surface area contributed by atoms with E-state index in [1.54, 1.807) is 24.3 Å². The van der Waals surface area contributed by atoms with E-state index in [1.165, 1.54) is 6.07 Å². The van der Waals surface area contributed by atoms with Crippen LogP contribution in [0.25, 0.3) is 0 Å². The van der Waals surface area contributed by atoms with E-state index in [2.05, 4.69) is 5.32 Å². The molecule has 0 spiro atoms. The van der Waals surface area contributed by atoms with Gasteiger partial charge in [0.2, 0.25) is 5.91 Å². The second kappa shape index (κ2) is 7.34. The fraction of sp³-hybridized carbons (Fsp3) is 0.188. The van der Waals surface area contributed by atoms with E-state index in [4.69, 9.17) is 23.2 Å². The van der Waals surface area contributed by atoms with Crippen molar-refractivity contribution >= 4 is 44.6 Å². The average Bonchev–Trinajstić information content (AvgIpc) is 2.44. The highest BCUT2D eigenvalue weighted by atomic mass is 35.5. The van der Waals surface area contributed by atoms with Crippen LogP contribution in [0.4, 0.5) is 5.69 Å². The molecule has 0 aliphatic heterocycles. The Kier molecular flexibility index (Phi) is 5.68. The van der Waals surface area contributed by atoms with Crippen molar-refractivity contribution in [1.82, 2.24) is 0 Å². The number of rotatable bonds is 5. The van der Waals surface area contributed by atoms with Gasteiger partial charge in [-0.2, -0.15) is 0 Å². The third kappa shape index (κ3) is 5.53. The van der Waals surface area contributed by atoms with Gasteiger partial charge in [-0.05, 0) is 36.8 Å². The van der Waals surface area contributed by atoms with Crippen molar-refractivity contribution in [1.29, 1.82) is 0 Å². The number of halogens is 2. The highest BCUT2D eigenvalue weighted by Gasteiger charge is 2.19. The van der Waals surface area contributed by atoms with Crippen molar-refractivity contribution in [3.63, 3.8) is 0 Å². The minimum Gasteiger partial charge on any atom is -0.325 e. The molecule has 7 heteroatoms. The number of carbonyl (C=O) groups excluding carboxylic acids is 1. The zero-order chi connectivity index (χ0) is 17.0. The topological polar surface area (TPSA) is 63.2 Å². The van der Waals surface area contributed by atoms with E-state index < -0.39 is 21.5 Å². The minimum absolute atomic E-state index is 0.264. The first-order valence-corrected chi connectivity index (χ1v) is 9.34. The lowest BCUT2D eigenvalue weighted by Gasteiger charge is -2.08. The van der Waals surface area contributed by atoms with E-state index in [0.717, 1.165) is 5.56 Å². The molecule has 1 amide bonds. The molecular weight excluding hydrogens is 357 g/mol. The molecule has 1 N–H and O–H groups in total. The number of amides is 1. The minimum atomic E-state index is -3.64. The van der Waals surface area contributed by atoms with E-state index in [-0.39, 0.29) is 10.8 Å². The van der Waals surface area contributed by atoms with Crippen molar-refractivity contribution in [3.05, 3.63) is 63.6 Å². The first-order chi connectivity index (χ1) is 10.7. The maximum atomic E-state index is 12.1. The number of aryl methyl sites for hydroxylation is 1. The molecule has 4 nitrogen and oxygen atoms in total. The van der Waals surface area contributed by atoms with Gasteiger partial charge in [-0.3, -0.25) is 4.79 Å². The summed E-state index contributed by atoms with van der Waals surface area (Å²) < 4.78 is 24.3. The summed E-state index contributed by atoms with van der Waals surface area (Å²) in [6.45, 7) is 1.92. The molecule has 23 heavy (non-hydrogen) atoms. The van der Waals surface area contributed by atoms with Crippen molar-refractivity contribution in [2.45, 2.75) is 12.7 Å². The third-order valence-electron chi connectivity index (χ3n) is 3.08. The number of sulfone groups is 1. The maximum absolute atomic E-state index is 12.1. The molecule has 0 saturated heterocycles. The Bertz CT molecular complexity index is 818. The van der Waals surface area contributed by atoms with E-state index in [9.17, 15) is 13.2 Å². The lowest BCUT2D eigenvalue weighted by atomic mass is 10.2. The summed E-state index contributed by atoms with van der Waals surface area (Å²) in [5.74, 6) is -1.51. The van der Waals surface area contributed by atoms with Crippen LogP contribution in [0.3, 0.4) is 0 Å². The van der Waals surface area contributed by atoms with Crippen LogP contribution in [-0.2, 0) is 20.4 Å². The Labute approximate surface area is 145 Å². The van der Waals surface area contributed by atoms with Crippen LogP contribution >= 0.6 is 23.2 Å². The summed E-state index contributed by atoms with van der Waals surface area (Å²) in [7, 11) is -3.64. The van der Waals surface area contributed by atoms with Gasteiger partial charge in [-0.1, -0.05) is 47.0 Å². The average molecular weight is 372 g/mol. The lowest BCUT2D eigenvalue weighted by Crippen LogP contribution is -2.24. The molecule has 0 bridgehead atoms. The summed E-state index contributed by atoms with van der Waals surface area (Å²) in [6.07, 6.45) is 0. The van der Waals surface area contributed by atoms with Crippen LogP contribution in [0.2, 0.25) is 10.0 Å². The Morgan fingerprint density at radius 2 is 1.74 bits per heavy atom. The Hall–Kier alpha value is -1.56. The lowest BCUT2D eigenvalue weighted by molar-refractivity contribution is -0.113. The summed E-state index contributed by atoms with van der Waals surface area (Å²) in [4.78, 5) is 11.9. The molecule has 2 aromatic rings. The van der Waals surface area contributed by atoms with Crippen molar-refractivity contribution in [3.8, 4) is 0 Å². The van der Waals surface area contributed by atoms with E-state index >= 15 is 0 Å². The standard InChI is InChI=1S/C16H15Cl2NO3S/c1-11-2-6-14(7-3-11)19-16(20)10-23(21,22)9-12-4-5-13(17)8-15(12)18/h2-8H,9-10H2,1H3,(H,19,20).